The number of carbonyl (C=O) groups is 1. The number of halogens is 1. The summed E-state index contributed by atoms with van der Waals surface area (Å²) in [6, 6.07) is 13.2. The molecule has 1 aliphatic heterocycles. The second-order valence-electron chi connectivity index (χ2n) is 6.26. The van der Waals surface area contributed by atoms with Gasteiger partial charge in [0.25, 0.3) is 0 Å². The highest BCUT2D eigenvalue weighted by molar-refractivity contribution is 6.33. The summed E-state index contributed by atoms with van der Waals surface area (Å²) in [6.07, 6.45) is 2.03. The SMILES string of the molecule is COc1ccc([C@H]2CCCN2CC(=O)Nc2ccccc2Cl)c(OC)c1. The second-order valence-corrected chi connectivity index (χ2v) is 6.67. The molecule has 0 bridgehead atoms. The molecule has 1 aliphatic rings. The minimum atomic E-state index is -0.0718. The first kappa shape index (κ1) is 18.5. The Morgan fingerprint density at radius 1 is 1.23 bits per heavy atom. The molecular weight excluding hydrogens is 352 g/mol. The lowest BCUT2D eigenvalue weighted by Crippen LogP contribution is -2.33. The fraction of sp³-hybridized carbons (Fsp3) is 0.350. The van der Waals surface area contributed by atoms with E-state index in [1.54, 1.807) is 26.4 Å². The van der Waals surface area contributed by atoms with E-state index in [2.05, 4.69) is 10.2 Å². The van der Waals surface area contributed by atoms with E-state index in [4.69, 9.17) is 21.1 Å². The van der Waals surface area contributed by atoms with Crippen molar-refractivity contribution in [2.45, 2.75) is 18.9 Å². The molecule has 1 amide bonds. The first-order valence-electron chi connectivity index (χ1n) is 8.62. The number of benzene rings is 2. The number of hydrogen-bond acceptors (Lipinski definition) is 4. The number of methoxy groups -OCH3 is 2. The summed E-state index contributed by atoms with van der Waals surface area (Å²) in [4.78, 5) is 14.7. The minimum Gasteiger partial charge on any atom is -0.497 e. The fourth-order valence-corrected chi connectivity index (χ4v) is 3.58. The molecule has 0 radical (unpaired) electrons. The highest BCUT2D eigenvalue weighted by Gasteiger charge is 2.30. The predicted molar refractivity (Wildman–Crippen MR) is 103 cm³/mol. The number of para-hydroxylation sites is 1. The third-order valence-corrected chi connectivity index (χ3v) is 4.99. The van der Waals surface area contributed by atoms with Crippen LogP contribution in [0.15, 0.2) is 42.5 Å². The lowest BCUT2D eigenvalue weighted by atomic mass is 10.0. The van der Waals surface area contributed by atoms with E-state index in [0.717, 1.165) is 36.4 Å². The van der Waals surface area contributed by atoms with Gasteiger partial charge in [-0.3, -0.25) is 9.69 Å². The van der Waals surface area contributed by atoms with Gasteiger partial charge in [-0.1, -0.05) is 29.8 Å². The molecule has 0 aromatic heterocycles. The summed E-state index contributed by atoms with van der Waals surface area (Å²) in [5.41, 5.74) is 1.72. The van der Waals surface area contributed by atoms with Crippen molar-refractivity contribution in [3.05, 3.63) is 53.1 Å². The molecule has 0 aliphatic carbocycles. The fourth-order valence-electron chi connectivity index (χ4n) is 3.40. The molecule has 1 N–H and O–H groups in total. The summed E-state index contributed by atoms with van der Waals surface area (Å²) in [6.45, 7) is 1.18. The maximum absolute atomic E-state index is 12.5. The minimum absolute atomic E-state index is 0.0718. The maximum atomic E-state index is 12.5. The molecule has 1 heterocycles. The van der Waals surface area contributed by atoms with Crippen molar-refractivity contribution in [3.63, 3.8) is 0 Å². The number of carbonyl (C=O) groups excluding carboxylic acids is 1. The Kier molecular flexibility index (Phi) is 6.01. The Hall–Kier alpha value is -2.24. The number of anilines is 1. The topological polar surface area (TPSA) is 50.8 Å². The van der Waals surface area contributed by atoms with Crippen LogP contribution in [0.1, 0.15) is 24.4 Å². The van der Waals surface area contributed by atoms with Crippen LogP contribution in [0.5, 0.6) is 11.5 Å². The third-order valence-electron chi connectivity index (χ3n) is 4.66. The van der Waals surface area contributed by atoms with Crippen LogP contribution in [-0.2, 0) is 4.79 Å². The number of likely N-dealkylation sites (tertiary alicyclic amines) is 1. The quantitative estimate of drug-likeness (QED) is 0.825. The average molecular weight is 375 g/mol. The standard InChI is InChI=1S/C20H23ClN2O3/c1-25-14-9-10-15(19(12-14)26-2)18-8-5-11-23(18)13-20(24)22-17-7-4-3-6-16(17)21/h3-4,6-7,9-10,12,18H,5,8,11,13H2,1-2H3,(H,22,24)/t18-/m1/s1. The van der Waals surface area contributed by atoms with Gasteiger partial charge in [-0.05, 0) is 37.6 Å². The lowest BCUT2D eigenvalue weighted by Gasteiger charge is -2.26. The maximum Gasteiger partial charge on any atom is 0.238 e. The van der Waals surface area contributed by atoms with Gasteiger partial charge in [0.2, 0.25) is 5.91 Å². The van der Waals surface area contributed by atoms with Crippen molar-refractivity contribution in [3.8, 4) is 11.5 Å². The molecule has 1 saturated heterocycles. The Bertz CT molecular complexity index is 781. The Morgan fingerprint density at radius 3 is 2.77 bits per heavy atom. The van der Waals surface area contributed by atoms with Gasteiger partial charge in [-0.2, -0.15) is 0 Å². The van der Waals surface area contributed by atoms with E-state index >= 15 is 0 Å². The zero-order valence-corrected chi connectivity index (χ0v) is 15.8. The predicted octanol–water partition coefficient (Wildman–Crippen LogP) is 4.13. The van der Waals surface area contributed by atoms with Crippen LogP contribution in [0.25, 0.3) is 0 Å². The number of rotatable bonds is 6. The highest BCUT2D eigenvalue weighted by atomic mass is 35.5. The first-order valence-corrected chi connectivity index (χ1v) is 9.00. The van der Waals surface area contributed by atoms with Gasteiger partial charge < -0.3 is 14.8 Å². The average Bonchev–Trinajstić information content (AvgIpc) is 3.10. The van der Waals surface area contributed by atoms with Crippen molar-refractivity contribution in [2.24, 2.45) is 0 Å². The molecule has 0 spiro atoms. The lowest BCUT2D eigenvalue weighted by molar-refractivity contribution is -0.117. The molecule has 138 valence electrons. The van der Waals surface area contributed by atoms with Crippen LogP contribution in [0.2, 0.25) is 5.02 Å². The smallest absolute Gasteiger partial charge is 0.238 e. The van der Waals surface area contributed by atoms with Crippen LogP contribution in [0, 0.1) is 0 Å². The number of hydrogen-bond donors (Lipinski definition) is 1. The number of amides is 1. The molecular formula is C20H23ClN2O3. The van der Waals surface area contributed by atoms with Crippen LogP contribution in [0.4, 0.5) is 5.69 Å². The summed E-state index contributed by atoms with van der Waals surface area (Å²) >= 11 is 6.12. The largest absolute Gasteiger partial charge is 0.497 e. The van der Waals surface area contributed by atoms with Crippen LogP contribution >= 0.6 is 11.6 Å². The Morgan fingerprint density at radius 2 is 2.04 bits per heavy atom. The van der Waals surface area contributed by atoms with Crippen molar-refractivity contribution in [1.29, 1.82) is 0 Å². The van der Waals surface area contributed by atoms with E-state index < -0.39 is 0 Å². The molecule has 2 aromatic carbocycles. The molecule has 1 atom stereocenters. The van der Waals surface area contributed by atoms with Gasteiger partial charge in [0.1, 0.15) is 11.5 Å². The molecule has 1 fully saturated rings. The summed E-state index contributed by atoms with van der Waals surface area (Å²) in [5, 5.41) is 3.43. The van der Waals surface area contributed by atoms with Gasteiger partial charge in [0.15, 0.2) is 0 Å². The second kappa shape index (κ2) is 8.43. The van der Waals surface area contributed by atoms with Gasteiger partial charge in [-0.15, -0.1) is 0 Å². The van der Waals surface area contributed by atoms with Gasteiger partial charge >= 0.3 is 0 Å². The Balaban J connectivity index is 1.72. The zero-order valence-electron chi connectivity index (χ0n) is 15.0. The van der Waals surface area contributed by atoms with Crippen molar-refractivity contribution in [1.82, 2.24) is 4.90 Å². The number of nitrogens with one attached hydrogen (secondary N) is 1. The monoisotopic (exact) mass is 374 g/mol. The van der Waals surface area contributed by atoms with Gasteiger partial charge in [0, 0.05) is 17.7 Å². The molecule has 26 heavy (non-hydrogen) atoms. The van der Waals surface area contributed by atoms with Crippen LogP contribution in [0.3, 0.4) is 0 Å². The third kappa shape index (κ3) is 4.11. The zero-order chi connectivity index (χ0) is 18.5. The van der Waals surface area contributed by atoms with Crippen molar-refractivity contribution >= 4 is 23.2 Å². The molecule has 6 heteroatoms. The first-order chi connectivity index (χ1) is 12.6. The van der Waals surface area contributed by atoms with E-state index in [-0.39, 0.29) is 11.9 Å². The summed E-state index contributed by atoms with van der Waals surface area (Å²) < 4.78 is 10.8. The van der Waals surface area contributed by atoms with Crippen molar-refractivity contribution in [2.75, 3.05) is 32.6 Å². The van der Waals surface area contributed by atoms with E-state index in [1.165, 1.54) is 0 Å². The normalized spacial score (nSPS) is 17.1. The Labute approximate surface area is 158 Å². The van der Waals surface area contributed by atoms with E-state index in [0.29, 0.717) is 17.3 Å². The van der Waals surface area contributed by atoms with E-state index in [1.807, 2.05) is 30.3 Å². The molecule has 3 rings (SSSR count). The van der Waals surface area contributed by atoms with Crippen molar-refractivity contribution < 1.29 is 14.3 Å². The number of ether oxygens (including phenoxy) is 2. The molecule has 0 unspecified atom stereocenters. The molecule has 0 saturated carbocycles. The van der Waals surface area contributed by atoms with Gasteiger partial charge in [-0.25, -0.2) is 0 Å². The highest BCUT2D eigenvalue weighted by Crippen LogP contribution is 2.38. The van der Waals surface area contributed by atoms with Crippen LogP contribution < -0.4 is 14.8 Å². The molecule has 2 aromatic rings. The number of nitrogens with zero attached hydrogens (tertiary/aromatic N) is 1. The van der Waals surface area contributed by atoms with Gasteiger partial charge in [0.05, 0.1) is 31.5 Å². The summed E-state index contributed by atoms with van der Waals surface area (Å²) in [7, 11) is 3.29. The summed E-state index contributed by atoms with van der Waals surface area (Å²) in [5.74, 6) is 1.47. The molecule has 5 nitrogen and oxygen atoms in total. The van der Waals surface area contributed by atoms with Crippen LogP contribution in [-0.4, -0.2) is 38.1 Å². The van der Waals surface area contributed by atoms with E-state index in [9.17, 15) is 4.79 Å².